The van der Waals surface area contributed by atoms with Gasteiger partial charge in [0.25, 0.3) is 0 Å². The Morgan fingerprint density at radius 1 is 0.938 bits per heavy atom. The molecule has 0 aliphatic rings. The van der Waals surface area contributed by atoms with Gasteiger partial charge < -0.3 is 14.4 Å². The standard InChI is InChI=1S/C25H17Cl2NO4/c26-22-11-8-18(13-23(22)27)24-14-20(28-32-24)15-31-21-9-6-16(7-10-21)4-5-17-2-1-3-19(12-17)25(29)30/h1-14H,15H2,(H,29,30)/b5-4+. The fraction of sp³-hybridized carbons (Fsp3) is 0.0400. The van der Waals surface area contributed by atoms with E-state index in [-0.39, 0.29) is 12.2 Å². The molecule has 0 amide bonds. The van der Waals surface area contributed by atoms with Crippen molar-refractivity contribution in [3.05, 3.63) is 105 Å². The number of carboxylic acid groups (broad SMARTS) is 1. The van der Waals surface area contributed by atoms with E-state index in [0.29, 0.717) is 27.2 Å². The molecular weight excluding hydrogens is 449 g/mol. The molecule has 0 radical (unpaired) electrons. The molecule has 0 aliphatic heterocycles. The first-order valence-corrected chi connectivity index (χ1v) is 10.4. The summed E-state index contributed by atoms with van der Waals surface area (Å²) >= 11 is 12.0. The third-order valence-electron chi connectivity index (χ3n) is 4.63. The number of hydrogen-bond donors (Lipinski definition) is 1. The van der Waals surface area contributed by atoms with Gasteiger partial charge in [-0.3, -0.25) is 0 Å². The second kappa shape index (κ2) is 9.73. The Morgan fingerprint density at radius 3 is 2.47 bits per heavy atom. The van der Waals surface area contributed by atoms with E-state index in [2.05, 4.69) is 5.16 Å². The maximum atomic E-state index is 11.1. The molecule has 7 heteroatoms. The second-order valence-corrected chi connectivity index (χ2v) is 7.75. The summed E-state index contributed by atoms with van der Waals surface area (Å²) in [6.07, 6.45) is 3.77. The van der Waals surface area contributed by atoms with Gasteiger partial charge in [-0.25, -0.2) is 4.79 Å². The van der Waals surface area contributed by atoms with Gasteiger partial charge in [-0.1, -0.05) is 64.8 Å². The van der Waals surface area contributed by atoms with Crippen molar-refractivity contribution in [2.24, 2.45) is 0 Å². The van der Waals surface area contributed by atoms with Crippen LogP contribution in [-0.4, -0.2) is 16.2 Å². The minimum absolute atomic E-state index is 0.252. The highest BCUT2D eigenvalue weighted by Gasteiger charge is 2.09. The van der Waals surface area contributed by atoms with Crippen molar-refractivity contribution in [1.29, 1.82) is 0 Å². The maximum absolute atomic E-state index is 11.1. The Kier molecular flexibility index (Phi) is 6.59. The van der Waals surface area contributed by atoms with Crippen molar-refractivity contribution < 1.29 is 19.2 Å². The highest BCUT2D eigenvalue weighted by Crippen LogP contribution is 2.29. The van der Waals surface area contributed by atoms with Crippen molar-refractivity contribution >= 4 is 41.3 Å². The van der Waals surface area contributed by atoms with Gasteiger partial charge in [-0.05, 0) is 53.6 Å². The van der Waals surface area contributed by atoms with Crippen molar-refractivity contribution in [3.63, 3.8) is 0 Å². The first kappa shape index (κ1) is 21.7. The molecule has 5 nitrogen and oxygen atoms in total. The number of aromatic nitrogens is 1. The Hall–Kier alpha value is -3.54. The van der Waals surface area contributed by atoms with Crippen LogP contribution < -0.4 is 4.74 Å². The number of benzene rings is 3. The number of halogens is 2. The first-order chi connectivity index (χ1) is 15.5. The van der Waals surface area contributed by atoms with Gasteiger partial charge in [0.1, 0.15) is 18.1 Å². The van der Waals surface area contributed by atoms with Crippen LogP contribution in [-0.2, 0) is 6.61 Å². The zero-order valence-corrected chi connectivity index (χ0v) is 18.2. The molecule has 1 aromatic heterocycles. The largest absolute Gasteiger partial charge is 0.487 e. The van der Waals surface area contributed by atoms with E-state index in [9.17, 15) is 4.79 Å². The SMILES string of the molecule is O=C(O)c1cccc(/C=C/c2ccc(OCc3cc(-c4ccc(Cl)c(Cl)c4)on3)cc2)c1. The predicted octanol–water partition coefficient (Wildman–Crippen LogP) is 7.10. The lowest BCUT2D eigenvalue weighted by Gasteiger charge is -2.04. The summed E-state index contributed by atoms with van der Waals surface area (Å²) in [6, 6.07) is 21.3. The molecule has 160 valence electrons. The van der Waals surface area contributed by atoms with Crippen LogP contribution in [0.15, 0.2) is 77.3 Å². The summed E-state index contributed by atoms with van der Waals surface area (Å²) in [7, 11) is 0. The number of nitrogens with zero attached hydrogens (tertiary/aromatic N) is 1. The average molecular weight is 466 g/mol. The molecule has 0 aliphatic carbocycles. The van der Waals surface area contributed by atoms with Gasteiger partial charge in [0.2, 0.25) is 0 Å². The number of carboxylic acids is 1. The molecule has 4 rings (SSSR count). The lowest BCUT2D eigenvalue weighted by Crippen LogP contribution is -1.95. The zero-order chi connectivity index (χ0) is 22.5. The molecule has 1 heterocycles. The third kappa shape index (κ3) is 5.38. The predicted molar refractivity (Wildman–Crippen MR) is 125 cm³/mol. The van der Waals surface area contributed by atoms with Gasteiger partial charge in [-0.15, -0.1) is 0 Å². The molecule has 4 aromatic rings. The number of hydrogen-bond acceptors (Lipinski definition) is 4. The van der Waals surface area contributed by atoms with E-state index >= 15 is 0 Å². The zero-order valence-electron chi connectivity index (χ0n) is 16.7. The summed E-state index contributed by atoms with van der Waals surface area (Å²) in [5.74, 6) is 0.321. The summed E-state index contributed by atoms with van der Waals surface area (Å²) in [4.78, 5) is 11.1. The van der Waals surface area contributed by atoms with Crippen LogP contribution >= 0.6 is 23.2 Å². The minimum Gasteiger partial charge on any atom is -0.487 e. The Bertz CT molecular complexity index is 1280. The van der Waals surface area contributed by atoms with Crippen LogP contribution in [0.2, 0.25) is 10.0 Å². The molecule has 0 unspecified atom stereocenters. The van der Waals surface area contributed by atoms with Crippen molar-refractivity contribution in [3.8, 4) is 17.1 Å². The molecule has 0 bridgehead atoms. The van der Waals surface area contributed by atoms with Crippen LogP contribution in [0.4, 0.5) is 0 Å². The molecule has 0 spiro atoms. The van der Waals surface area contributed by atoms with Gasteiger partial charge >= 0.3 is 5.97 Å². The molecule has 32 heavy (non-hydrogen) atoms. The quantitative estimate of drug-likeness (QED) is 0.294. The third-order valence-corrected chi connectivity index (χ3v) is 5.37. The normalized spacial score (nSPS) is 11.1. The van der Waals surface area contributed by atoms with Gasteiger partial charge in [0.05, 0.1) is 15.6 Å². The number of carbonyl (C=O) groups is 1. The highest BCUT2D eigenvalue weighted by atomic mass is 35.5. The fourth-order valence-electron chi connectivity index (χ4n) is 2.97. The summed E-state index contributed by atoms with van der Waals surface area (Å²) < 4.78 is 11.2. The van der Waals surface area contributed by atoms with E-state index in [0.717, 1.165) is 16.7 Å². The molecule has 3 aromatic carbocycles. The van der Waals surface area contributed by atoms with Gasteiger partial charge in [0.15, 0.2) is 5.76 Å². The molecule has 0 fully saturated rings. The van der Waals surface area contributed by atoms with Crippen LogP contribution in [0.25, 0.3) is 23.5 Å². The second-order valence-electron chi connectivity index (χ2n) is 6.93. The summed E-state index contributed by atoms with van der Waals surface area (Å²) in [5, 5.41) is 14.0. The van der Waals surface area contributed by atoms with Crippen LogP contribution in [0, 0.1) is 0 Å². The summed E-state index contributed by atoms with van der Waals surface area (Å²) in [6.45, 7) is 0.252. The smallest absolute Gasteiger partial charge is 0.335 e. The minimum atomic E-state index is -0.946. The van der Waals surface area contributed by atoms with Crippen LogP contribution in [0.5, 0.6) is 5.75 Å². The van der Waals surface area contributed by atoms with Crippen LogP contribution in [0.1, 0.15) is 27.2 Å². The topological polar surface area (TPSA) is 72.6 Å². The molecule has 0 atom stereocenters. The lowest BCUT2D eigenvalue weighted by atomic mass is 10.1. The molecule has 0 saturated carbocycles. The highest BCUT2D eigenvalue weighted by molar-refractivity contribution is 6.42. The molecular formula is C25H17Cl2NO4. The van der Waals surface area contributed by atoms with Gasteiger partial charge in [0, 0.05) is 11.6 Å². The Morgan fingerprint density at radius 2 is 1.72 bits per heavy atom. The lowest BCUT2D eigenvalue weighted by molar-refractivity contribution is 0.0697. The number of aromatic carboxylic acids is 1. The van der Waals surface area contributed by atoms with Crippen LogP contribution in [0.3, 0.4) is 0 Å². The van der Waals surface area contributed by atoms with Crippen molar-refractivity contribution in [1.82, 2.24) is 5.16 Å². The van der Waals surface area contributed by atoms with Crippen molar-refractivity contribution in [2.45, 2.75) is 6.61 Å². The van der Waals surface area contributed by atoms with Gasteiger partial charge in [-0.2, -0.15) is 0 Å². The summed E-state index contributed by atoms with van der Waals surface area (Å²) in [5.41, 5.74) is 3.46. The Labute approximate surface area is 194 Å². The Balaban J connectivity index is 1.36. The monoisotopic (exact) mass is 465 g/mol. The van der Waals surface area contributed by atoms with Crippen molar-refractivity contribution in [2.75, 3.05) is 0 Å². The van der Waals surface area contributed by atoms with E-state index < -0.39 is 5.97 Å². The average Bonchev–Trinajstić information content (AvgIpc) is 3.28. The fourth-order valence-corrected chi connectivity index (χ4v) is 3.26. The van der Waals surface area contributed by atoms with E-state index in [1.807, 2.05) is 48.6 Å². The number of ether oxygens (including phenoxy) is 1. The number of rotatable bonds is 7. The maximum Gasteiger partial charge on any atom is 0.335 e. The molecule has 0 saturated heterocycles. The van der Waals surface area contributed by atoms with E-state index in [4.69, 9.17) is 37.6 Å². The van der Waals surface area contributed by atoms with E-state index in [1.54, 1.807) is 36.4 Å². The first-order valence-electron chi connectivity index (χ1n) is 9.63. The molecule has 1 N–H and O–H groups in total. The van der Waals surface area contributed by atoms with E-state index in [1.165, 1.54) is 0 Å².